The summed E-state index contributed by atoms with van der Waals surface area (Å²) in [5.41, 5.74) is 19.5. The Balaban J connectivity index is 0.000000241. The van der Waals surface area contributed by atoms with Crippen LogP contribution in [0.25, 0.3) is 20.9 Å². The van der Waals surface area contributed by atoms with Crippen LogP contribution >= 0.6 is 0 Å². The molecule has 8 unspecified atom stereocenters. The third-order valence-corrected chi connectivity index (χ3v) is 15.1. The number of azide groups is 2. The maximum atomic E-state index is 13.0. The molecule has 4 fully saturated rings. The van der Waals surface area contributed by atoms with Gasteiger partial charge in [-0.3, -0.25) is 0 Å². The summed E-state index contributed by atoms with van der Waals surface area (Å²) in [5.74, 6) is -6.73. The number of aliphatic carboxylic acids is 1. The minimum Gasteiger partial charge on any atom is -0.479 e. The van der Waals surface area contributed by atoms with E-state index in [0.29, 0.717) is 11.1 Å². The highest BCUT2D eigenvalue weighted by atomic mass is 16.7. The van der Waals surface area contributed by atoms with Gasteiger partial charge in [-0.1, -0.05) is 111 Å². The Kier molecular flexibility index (Phi) is 23.1. The van der Waals surface area contributed by atoms with Gasteiger partial charge in [0.25, 0.3) is 0 Å². The molecular weight excluding hydrogens is 1100 g/mol. The van der Waals surface area contributed by atoms with Crippen LogP contribution < -0.4 is 0 Å². The van der Waals surface area contributed by atoms with Crippen LogP contribution in [-0.4, -0.2) is 175 Å². The molecule has 0 aliphatic carbocycles. The van der Waals surface area contributed by atoms with Crippen molar-refractivity contribution in [2.24, 2.45) is 33.9 Å². The largest absolute Gasteiger partial charge is 0.479 e. The Morgan fingerprint density at radius 1 is 0.500 bits per heavy atom. The number of hydrogen-bond acceptors (Lipinski definition) is 21. The van der Waals surface area contributed by atoms with Crippen LogP contribution in [0.3, 0.4) is 0 Å². The van der Waals surface area contributed by atoms with Gasteiger partial charge < -0.3 is 72.5 Å². The second-order valence-electron chi connectivity index (χ2n) is 20.6. The van der Waals surface area contributed by atoms with E-state index in [2.05, 4.69) is 20.1 Å². The lowest BCUT2D eigenvalue weighted by molar-refractivity contribution is -0.332. The van der Waals surface area contributed by atoms with E-state index >= 15 is 0 Å². The maximum Gasteiger partial charge on any atom is 0.338 e. The van der Waals surface area contributed by atoms with Crippen LogP contribution in [0.4, 0.5) is 0 Å². The highest BCUT2D eigenvalue weighted by Crippen LogP contribution is 2.39. The Morgan fingerprint density at radius 3 is 1.30 bits per heavy atom. The second-order valence-corrected chi connectivity index (χ2v) is 20.6. The Hall–Kier alpha value is -7.55. The molecule has 0 bridgehead atoms. The first-order valence-electron chi connectivity index (χ1n) is 27.1. The summed E-state index contributed by atoms with van der Waals surface area (Å²) >= 11 is 0. The highest BCUT2D eigenvalue weighted by Gasteiger charge is 2.54. The monoisotopic (exact) mass is 1170 g/mol. The van der Waals surface area contributed by atoms with Crippen molar-refractivity contribution in [2.75, 3.05) is 26.9 Å². The van der Waals surface area contributed by atoms with Crippen molar-refractivity contribution in [1.29, 1.82) is 0 Å². The summed E-state index contributed by atoms with van der Waals surface area (Å²) in [6.07, 6.45) is -15.8. The Labute approximate surface area is 482 Å². The van der Waals surface area contributed by atoms with E-state index in [1.165, 1.54) is 14.0 Å². The van der Waals surface area contributed by atoms with Gasteiger partial charge in [0, 0.05) is 28.8 Å². The van der Waals surface area contributed by atoms with Gasteiger partial charge in [0.15, 0.2) is 37.2 Å². The fraction of sp³-hybridized carbons (Fsp3) is 0.500. The molecule has 4 aromatic carbocycles. The molecule has 26 nitrogen and oxygen atoms in total. The lowest BCUT2D eigenvalue weighted by Gasteiger charge is -2.47. The number of aliphatic hydroxyl groups is 3. The van der Waals surface area contributed by atoms with Gasteiger partial charge in [-0.15, -0.1) is 0 Å². The number of hydrogen-bond donors (Lipinski definition) is 4. The van der Waals surface area contributed by atoms with E-state index < -0.39 is 158 Å². The predicted octanol–water partition coefficient (Wildman–Crippen LogP) is 6.22. The first-order valence-corrected chi connectivity index (χ1v) is 27.1. The van der Waals surface area contributed by atoms with Crippen molar-refractivity contribution in [3.05, 3.63) is 164 Å². The molecule has 4 heterocycles. The molecule has 26 heteroatoms. The highest BCUT2D eigenvalue weighted by molar-refractivity contribution is 5.91. The number of nitrogens with zero attached hydrogens (tertiary/aromatic N) is 6. The average Bonchev–Trinajstić information content (AvgIpc) is 3.65. The summed E-state index contributed by atoms with van der Waals surface area (Å²) in [4.78, 5) is 69.1. The molecule has 4 saturated heterocycles. The smallest absolute Gasteiger partial charge is 0.338 e. The van der Waals surface area contributed by atoms with Crippen molar-refractivity contribution >= 4 is 29.8 Å². The number of ether oxygens (including phenoxy) is 11. The van der Waals surface area contributed by atoms with Crippen molar-refractivity contribution in [2.45, 2.75) is 133 Å². The molecule has 4 aliphatic heterocycles. The molecule has 20 atom stereocenters. The average molecular weight is 1170 g/mol. The number of aliphatic hydroxyl groups excluding tert-OH is 3. The first-order chi connectivity index (χ1) is 40.4. The van der Waals surface area contributed by atoms with Crippen LogP contribution in [0.1, 0.15) is 76.1 Å². The van der Waals surface area contributed by atoms with E-state index in [-0.39, 0.29) is 24.3 Å². The Bertz CT molecular complexity index is 2910. The second kappa shape index (κ2) is 30.3. The summed E-state index contributed by atoms with van der Waals surface area (Å²) in [5, 5.41) is 48.8. The molecule has 84 heavy (non-hydrogen) atoms. The van der Waals surface area contributed by atoms with Crippen LogP contribution in [0.15, 0.2) is 132 Å². The Morgan fingerprint density at radius 2 is 0.881 bits per heavy atom. The SMILES string of the molecule is CO[C@H]1OC(COC(=O)c2ccccc2)[C@@H](O[C@@H]2OC(CO)[C@@H](O)[C@H](C)C2OC(=O)c2ccccc2)[C@H](C)C1N=[N+]=[N-].C[C@@H]1C(OC(=O)c2ccccc2)[C@H](O[C@@H]2C(COC(=O)c3ccccc3)O[C@H](C)C(N=[N+]=[N-])[C@H]2C)OC(C(=O)O)[C@H]1O. The number of carboxylic acids is 1. The fourth-order valence-corrected chi connectivity index (χ4v) is 10.4. The summed E-state index contributed by atoms with van der Waals surface area (Å²) in [6.45, 7) is 7.35. The van der Waals surface area contributed by atoms with Crippen LogP contribution in [-0.2, 0) is 56.9 Å². The molecule has 4 aliphatic rings. The van der Waals surface area contributed by atoms with Crippen LogP contribution in [0, 0.1) is 23.7 Å². The molecule has 0 spiro atoms. The minimum absolute atomic E-state index is 0.232. The molecule has 0 saturated carbocycles. The van der Waals surface area contributed by atoms with E-state index in [1.54, 1.807) is 149 Å². The number of rotatable bonds is 19. The van der Waals surface area contributed by atoms with Gasteiger partial charge in [-0.2, -0.15) is 0 Å². The van der Waals surface area contributed by atoms with Crippen molar-refractivity contribution in [3.63, 3.8) is 0 Å². The quantitative estimate of drug-likeness (QED) is 0.0266. The van der Waals surface area contributed by atoms with E-state index in [0.717, 1.165) is 0 Å². The third-order valence-electron chi connectivity index (χ3n) is 15.1. The van der Waals surface area contributed by atoms with Crippen molar-refractivity contribution in [1.82, 2.24) is 0 Å². The topological polar surface area (TPSA) is 365 Å². The van der Waals surface area contributed by atoms with Gasteiger partial charge in [0.1, 0.15) is 31.5 Å². The van der Waals surface area contributed by atoms with Gasteiger partial charge in [-0.25, -0.2) is 24.0 Å². The number of methoxy groups -OCH3 is 1. The van der Waals surface area contributed by atoms with Gasteiger partial charge in [0.05, 0.1) is 71.5 Å². The molecule has 0 amide bonds. The summed E-state index contributed by atoms with van der Waals surface area (Å²) in [6, 6.07) is 31.6. The van der Waals surface area contributed by atoms with E-state index in [1.807, 2.05) is 0 Å². The lowest BCUT2D eigenvalue weighted by Crippen LogP contribution is -2.61. The molecule has 4 N–H and O–H groups in total. The normalized spacial score (nSPS) is 32.7. The zero-order valence-corrected chi connectivity index (χ0v) is 46.7. The van der Waals surface area contributed by atoms with Gasteiger partial charge in [-0.05, 0) is 78.4 Å². The summed E-state index contributed by atoms with van der Waals surface area (Å²) in [7, 11) is 1.39. The molecule has 4 aromatic rings. The van der Waals surface area contributed by atoms with Gasteiger partial charge in [0.2, 0.25) is 0 Å². The third kappa shape index (κ3) is 15.6. The number of esters is 4. The first kappa shape index (κ1) is 64.0. The van der Waals surface area contributed by atoms with Crippen molar-refractivity contribution < 1.29 is 96.5 Å². The molecule has 450 valence electrons. The zero-order valence-electron chi connectivity index (χ0n) is 46.7. The number of carboxylic acid groups (broad SMARTS) is 1. The predicted molar refractivity (Wildman–Crippen MR) is 291 cm³/mol. The zero-order chi connectivity index (χ0) is 60.6. The maximum absolute atomic E-state index is 13.0. The minimum atomic E-state index is -1.68. The van der Waals surface area contributed by atoms with Crippen LogP contribution in [0.5, 0.6) is 0 Å². The summed E-state index contributed by atoms with van der Waals surface area (Å²) < 4.78 is 64.4. The number of carbonyl (C=O) groups is 5. The number of benzene rings is 4. The lowest BCUT2D eigenvalue weighted by atomic mass is 9.86. The number of carbonyl (C=O) groups excluding carboxylic acids is 4. The molecule has 0 radical (unpaired) electrons. The molecular formula is C58H68N6O20. The van der Waals surface area contributed by atoms with Crippen molar-refractivity contribution in [3.8, 4) is 0 Å². The fourth-order valence-electron chi connectivity index (χ4n) is 10.4. The van der Waals surface area contributed by atoms with E-state index in [4.69, 9.17) is 57.6 Å². The van der Waals surface area contributed by atoms with Gasteiger partial charge >= 0.3 is 29.8 Å². The molecule has 8 rings (SSSR count). The molecule has 0 aromatic heterocycles. The standard InChI is InChI=1S/C29H35N3O10.C29H33N3O10/c1-16-22(31-32-30)28(37-3)40-21(15-38-26(35)18-10-6-4-7-11-18)24(16)42-29-25(17(2)23(34)20(14-33)39-29)41-27(36)19-12-8-5-9-13-19;1-15-21(31-32-30)17(3)39-20(14-38-27(36)18-10-6-4-7-11-18)23(15)41-29-24(16(2)22(33)25(42-29)26(34)35)40-28(37)19-12-8-5-9-13-19/h4-13,16-17,20-25,28-29,33-34H,14-15H2,1-3H3;4-13,15-17,20-25,29,33H,14H2,1-3H3,(H,34,35)/t16-,17+,20?,21?,22?,23+,24+,25?,28+,29+;15-,16+,17-,20?,21?,22+,23+,24?,25?,29-/m11/s1. The van der Waals surface area contributed by atoms with Crippen LogP contribution in [0.2, 0.25) is 0 Å². The van der Waals surface area contributed by atoms with E-state index in [9.17, 15) is 49.9 Å².